The van der Waals surface area contributed by atoms with Crippen LogP contribution in [0.2, 0.25) is 0 Å². The van der Waals surface area contributed by atoms with Gasteiger partial charge in [-0.25, -0.2) is 0 Å². The van der Waals surface area contributed by atoms with E-state index in [1.807, 2.05) is 0 Å². The molecular weight excluding hydrogens is 218 g/mol. The van der Waals surface area contributed by atoms with Crippen LogP contribution in [-0.2, 0) is 6.42 Å². The minimum Gasteiger partial charge on any atom is -0.314 e. The first kappa shape index (κ1) is 13.6. The summed E-state index contributed by atoms with van der Waals surface area (Å²) in [5, 5.41) is 3.58. The highest BCUT2D eigenvalue weighted by Crippen LogP contribution is 2.18. The minimum atomic E-state index is 0.875. The summed E-state index contributed by atoms with van der Waals surface area (Å²) in [5.74, 6) is 0. The molecule has 0 spiro atoms. The molecule has 1 nitrogen and oxygen atoms in total. The molecule has 1 aliphatic rings. The van der Waals surface area contributed by atoms with Crippen LogP contribution in [0.4, 0.5) is 0 Å². The van der Waals surface area contributed by atoms with Gasteiger partial charge >= 0.3 is 0 Å². The van der Waals surface area contributed by atoms with E-state index in [0.29, 0.717) is 0 Å². The van der Waals surface area contributed by atoms with Crippen molar-refractivity contribution >= 4 is 0 Å². The van der Waals surface area contributed by atoms with Gasteiger partial charge in [0.15, 0.2) is 0 Å². The lowest BCUT2D eigenvalue weighted by atomic mass is 10.0. The number of benzene rings is 1. The molecule has 100 valence electrons. The molecule has 1 fully saturated rings. The number of rotatable bonds is 8. The lowest BCUT2D eigenvalue weighted by Gasteiger charge is -2.06. The van der Waals surface area contributed by atoms with Crippen LogP contribution in [0, 0.1) is 13.8 Å². The van der Waals surface area contributed by atoms with Crippen molar-refractivity contribution in [2.24, 2.45) is 0 Å². The Labute approximate surface area is 112 Å². The first-order chi connectivity index (χ1) is 8.75. The molecule has 1 N–H and O–H groups in total. The molecule has 0 radical (unpaired) electrons. The van der Waals surface area contributed by atoms with Crippen LogP contribution in [0.3, 0.4) is 0 Å². The molecular formula is C17H27N. The van der Waals surface area contributed by atoms with Crippen molar-refractivity contribution in [2.45, 2.75) is 64.8 Å². The number of hydrogen-bond donors (Lipinski definition) is 1. The van der Waals surface area contributed by atoms with E-state index in [1.165, 1.54) is 68.2 Å². The van der Waals surface area contributed by atoms with Crippen molar-refractivity contribution < 1.29 is 0 Å². The van der Waals surface area contributed by atoms with Crippen molar-refractivity contribution in [3.05, 3.63) is 34.9 Å². The first-order valence-electron chi connectivity index (χ1n) is 7.55. The summed E-state index contributed by atoms with van der Waals surface area (Å²) in [6.45, 7) is 5.63. The van der Waals surface area contributed by atoms with Crippen LogP contribution in [0.25, 0.3) is 0 Å². The van der Waals surface area contributed by atoms with Crippen LogP contribution in [0.5, 0.6) is 0 Å². The van der Waals surface area contributed by atoms with Gasteiger partial charge in [-0.15, -0.1) is 0 Å². The second-order valence-corrected chi connectivity index (χ2v) is 5.81. The summed E-state index contributed by atoms with van der Waals surface area (Å²) in [4.78, 5) is 0. The van der Waals surface area contributed by atoms with Crippen molar-refractivity contribution in [2.75, 3.05) is 6.54 Å². The van der Waals surface area contributed by atoms with E-state index in [0.717, 1.165) is 6.04 Å². The van der Waals surface area contributed by atoms with E-state index >= 15 is 0 Å². The molecule has 0 atom stereocenters. The molecule has 1 heteroatoms. The third-order valence-electron chi connectivity index (χ3n) is 3.97. The topological polar surface area (TPSA) is 12.0 Å². The highest BCUT2D eigenvalue weighted by atomic mass is 14.9. The third-order valence-corrected chi connectivity index (χ3v) is 3.97. The molecule has 1 saturated carbocycles. The Morgan fingerprint density at radius 1 is 1.00 bits per heavy atom. The maximum atomic E-state index is 3.58. The molecule has 0 aliphatic heterocycles. The monoisotopic (exact) mass is 245 g/mol. The highest BCUT2D eigenvalue weighted by molar-refractivity contribution is 5.29. The summed E-state index contributed by atoms with van der Waals surface area (Å²) < 4.78 is 0. The summed E-state index contributed by atoms with van der Waals surface area (Å²) in [7, 11) is 0. The van der Waals surface area contributed by atoms with Crippen LogP contribution < -0.4 is 5.32 Å². The predicted molar refractivity (Wildman–Crippen MR) is 79.1 cm³/mol. The van der Waals surface area contributed by atoms with Gasteiger partial charge in [-0.05, 0) is 69.2 Å². The average Bonchev–Trinajstić information content (AvgIpc) is 3.16. The fourth-order valence-corrected chi connectivity index (χ4v) is 2.36. The van der Waals surface area contributed by atoms with Gasteiger partial charge in [-0.2, -0.15) is 0 Å². The quantitative estimate of drug-likeness (QED) is 0.678. The van der Waals surface area contributed by atoms with Gasteiger partial charge in [0.05, 0.1) is 0 Å². The average molecular weight is 245 g/mol. The zero-order valence-electron chi connectivity index (χ0n) is 12.0. The Balaban J connectivity index is 1.52. The number of aryl methyl sites for hydroxylation is 3. The van der Waals surface area contributed by atoms with E-state index in [-0.39, 0.29) is 0 Å². The van der Waals surface area contributed by atoms with Crippen molar-refractivity contribution in [1.82, 2.24) is 5.32 Å². The molecule has 0 aromatic heterocycles. The predicted octanol–water partition coefficient (Wildman–Crippen LogP) is 4.16. The van der Waals surface area contributed by atoms with Crippen LogP contribution in [0.15, 0.2) is 18.2 Å². The fourth-order valence-electron chi connectivity index (χ4n) is 2.36. The van der Waals surface area contributed by atoms with Gasteiger partial charge in [-0.3, -0.25) is 0 Å². The molecule has 0 amide bonds. The van der Waals surface area contributed by atoms with Gasteiger partial charge in [-0.1, -0.05) is 31.0 Å². The molecule has 1 aromatic rings. The van der Waals surface area contributed by atoms with Crippen LogP contribution in [-0.4, -0.2) is 12.6 Å². The molecule has 18 heavy (non-hydrogen) atoms. The lowest BCUT2D eigenvalue weighted by molar-refractivity contribution is 0.585. The van der Waals surface area contributed by atoms with Crippen LogP contribution >= 0.6 is 0 Å². The third kappa shape index (κ3) is 4.81. The maximum absolute atomic E-state index is 3.58. The number of unbranched alkanes of at least 4 members (excludes halogenated alkanes) is 3. The second kappa shape index (κ2) is 6.94. The number of nitrogens with one attached hydrogen (secondary N) is 1. The van der Waals surface area contributed by atoms with E-state index < -0.39 is 0 Å². The van der Waals surface area contributed by atoms with E-state index in [2.05, 4.69) is 37.4 Å². The maximum Gasteiger partial charge on any atom is 0.00682 e. The summed E-state index contributed by atoms with van der Waals surface area (Å²) >= 11 is 0. The fraction of sp³-hybridized carbons (Fsp3) is 0.647. The summed E-state index contributed by atoms with van der Waals surface area (Å²) in [6, 6.07) is 7.77. The first-order valence-corrected chi connectivity index (χ1v) is 7.55. The van der Waals surface area contributed by atoms with Crippen molar-refractivity contribution in [3.63, 3.8) is 0 Å². The molecule has 2 rings (SSSR count). The van der Waals surface area contributed by atoms with Gasteiger partial charge in [0, 0.05) is 6.04 Å². The zero-order chi connectivity index (χ0) is 12.8. The van der Waals surface area contributed by atoms with Gasteiger partial charge in [0.1, 0.15) is 0 Å². The van der Waals surface area contributed by atoms with Crippen LogP contribution in [0.1, 0.15) is 55.2 Å². The Morgan fingerprint density at radius 3 is 2.50 bits per heavy atom. The normalized spacial score (nSPS) is 15.0. The lowest BCUT2D eigenvalue weighted by Crippen LogP contribution is -2.17. The standard InChI is InChI=1S/C17H27N/c1-14-8-9-16(13-15(14)2)7-5-3-4-6-12-18-17-10-11-17/h8-9,13,17-18H,3-7,10-12H2,1-2H3. The second-order valence-electron chi connectivity index (χ2n) is 5.81. The minimum absolute atomic E-state index is 0.875. The molecule has 0 saturated heterocycles. The van der Waals surface area contributed by atoms with E-state index in [1.54, 1.807) is 0 Å². The molecule has 1 aromatic carbocycles. The Hall–Kier alpha value is -0.820. The van der Waals surface area contributed by atoms with Gasteiger partial charge in [0.2, 0.25) is 0 Å². The highest BCUT2D eigenvalue weighted by Gasteiger charge is 2.19. The SMILES string of the molecule is Cc1ccc(CCCCCCNC2CC2)cc1C. The summed E-state index contributed by atoms with van der Waals surface area (Å²) in [6.07, 6.45) is 9.51. The zero-order valence-corrected chi connectivity index (χ0v) is 12.0. The van der Waals surface area contributed by atoms with E-state index in [4.69, 9.17) is 0 Å². The van der Waals surface area contributed by atoms with Crippen molar-refractivity contribution in [3.8, 4) is 0 Å². The molecule has 1 aliphatic carbocycles. The van der Waals surface area contributed by atoms with E-state index in [9.17, 15) is 0 Å². The summed E-state index contributed by atoms with van der Waals surface area (Å²) in [5.41, 5.74) is 4.35. The Kier molecular flexibility index (Phi) is 5.25. The molecule has 0 bridgehead atoms. The largest absolute Gasteiger partial charge is 0.314 e. The molecule has 0 heterocycles. The Morgan fingerprint density at radius 2 is 1.78 bits per heavy atom. The van der Waals surface area contributed by atoms with Crippen molar-refractivity contribution in [1.29, 1.82) is 0 Å². The smallest absolute Gasteiger partial charge is 0.00682 e. The Bertz CT molecular complexity index is 366. The molecule has 0 unspecified atom stereocenters. The van der Waals surface area contributed by atoms with Gasteiger partial charge in [0.25, 0.3) is 0 Å². The van der Waals surface area contributed by atoms with Gasteiger partial charge < -0.3 is 5.32 Å². The number of hydrogen-bond acceptors (Lipinski definition) is 1.